The van der Waals surface area contributed by atoms with Crippen LogP contribution in [-0.4, -0.2) is 26.3 Å². The molecule has 2 aromatic carbocycles. The molecule has 2 heterocycles. The van der Waals surface area contributed by atoms with Crippen molar-refractivity contribution in [3.63, 3.8) is 0 Å². The molecule has 5 N–H and O–H groups in total. The van der Waals surface area contributed by atoms with Gasteiger partial charge in [0.2, 0.25) is 5.95 Å². The van der Waals surface area contributed by atoms with Crippen molar-refractivity contribution >= 4 is 28.5 Å². The topological polar surface area (TPSA) is 131 Å². The first-order chi connectivity index (χ1) is 14.6. The number of hydrogen-bond donors (Lipinski definition) is 3. The van der Waals surface area contributed by atoms with E-state index in [9.17, 15) is 9.65 Å². The zero-order chi connectivity index (χ0) is 21.1. The van der Waals surface area contributed by atoms with Crippen molar-refractivity contribution in [2.24, 2.45) is 0 Å². The second-order valence-electron chi connectivity index (χ2n) is 6.69. The van der Waals surface area contributed by atoms with Gasteiger partial charge in [0.25, 0.3) is 0 Å². The molecular formula is C21H19FN8. The lowest BCUT2D eigenvalue weighted by Crippen LogP contribution is -2.08. The van der Waals surface area contributed by atoms with Crippen LogP contribution in [-0.2, 0) is 6.42 Å². The number of nitrogens with one attached hydrogen (secondary N) is 1. The minimum Gasteiger partial charge on any atom is -0.383 e. The predicted molar refractivity (Wildman–Crippen MR) is 113 cm³/mol. The summed E-state index contributed by atoms with van der Waals surface area (Å²) in [7, 11) is 0. The summed E-state index contributed by atoms with van der Waals surface area (Å²) >= 11 is 0. The molecule has 150 valence electrons. The summed E-state index contributed by atoms with van der Waals surface area (Å²) < 4.78 is 14.6. The first kappa shape index (κ1) is 19.1. The monoisotopic (exact) mass is 402 g/mol. The van der Waals surface area contributed by atoms with Gasteiger partial charge in [-0.2, -0.15) is 15.3 Å². The number of nitrogens with two attached hydrogens (primary N) is 2. The van der Waals surface area contributed by atoms with Crippen LogP contribution in [0.3, 0.4) is 0 Å². The Balaban J connectivity index is 1.45. The van der Waals surface area contributed by atoms with Crippen molar-refractivity contribution in [3.05, 3.63) is 65.6 Å². The molecule has 9 heteroatoms. The third kappa shape index (κ3) is 3.71. The molecular weight excluding hydrogens is 383 g/mol. The van der Waals surface area contributed by atoms with Crippen LogP contribution < -0.4 is 16.8 Å². The molecule has 0 saturated heterocycles. The van der Waals surface area contributed by atoms with Crippen LogP contribution in [0.4, 0.5) is 22.0 Å². The van der Waals surface area contributed by atoms with Gasteiger partial charge >= 0.3 is 0 Å². The number of aromatic nitrogens is 4. The van der Waals surface area contributed by atoms with Crippen LogP contribution in [0.2, 0.25) is 0 Å². The van der Waals surface area contributed by atoms with Crippen LogP contribution in [0.15, 0.2) is 48.5 Å². The molecule has 0 aliphatic rings. The second-order valence-corrected chi connectivity index (χ2v) is 6.69. The summed E-state index contributed by atoms with van der Waals surface area (Å²) in [4.78, 5) is 8.73. The Morgan fingerprint density at radius 1 is 1.07 bits per heavy atom. The largest absolute Gasteiger partial charge is 0.383 e. The number of hydrogen-bond acceptors (Lipinski definition) is 7. The highest BCUT2D eigenvalue weighted by Crippen LogP contribution is 2.22. The van der Waals surface area contributed by atoms with E-state index in [1.807, 2.05) is 24.3 Å². The Kier molecular flexibility index (Phi) is 5.13. The molecule has 4 aromatic rings. The van der Waals surface area contributed by atoms with Crippen LogP contribution in [0.25, 0.3) is 16.6 Å². The quantitative estimate of drug-likeness (QED) is 0.422. The standard InChI is InChI=1S/C21H19FN8/c22-13-7-9-14(10-8-13)30-20(25)16(12-23)18(29-30)6-3-11-26-21-27-17-5-2-1-4-15(17)19(24)28-21/h1-2,4-5,7-10H,3,6,11,25H2,(H3,24,26,27,28). The molecule has 0 spiro atoms. The van der Waals surface area contributed by atoms with Gasteiger partial charge in [0.05, 0.1) is 16.9 Å². The number of rotatable bonds is 6. The molecule has 4 rings (SSSR count). The van der Waals surface area contributed by atoms with Gasteiger partial charge in [0.1, 0.15) is 29.1 Å². The van der Waals surface area contributed by atoms with Gasteiger partial charge in [-0.05, 0) is 49.2 Å². The van der Waals surface area contributed by atoms with E-state index in [2.05, 4.69) is 26.5 Å². The van der Waals surface area contributed by atoms with Crippen molar-refractivity contribution in [3.8, 4) is 11.8 Å². The number of fused-ring (bicyclic) bond motifs is 1. The van der Waals surface area contributed by atoms with Crippen LogP contribution in [0.5, 0.6) is 0 Å². The van der Waals surface area contributed by atoms with E-state index in [1.54, 1.807) is 12.1 Å². The lowest BCUT2D eigenvalue weighted by Gasteiger charge is -2.07. The lowest BCUT2D eigenvalue weighted by atomic mass is 10.1. The zero-order valence-corrected chi connectivity index (χ0v) is 16.0. The molecule has 2 aromatic heterocycles. The molecule has 8 nitrogen and oxygen atoms in total. The molecule has 0 unspecified atom stereocenters. The molecule has 0 bridgehead atoms. The van der Waals surface area contributed by atoms with Gasteiger partial charge in [-0.1, -0.05) is 12.1 Å². The third-order valence-corrected chi connectivity index (χ3v) is 4.68. The Hall–Kier alpha value is -4.19. The predicted octanol–water partition coefficient (Wildman–Crippen LogP) is 3.04. The molecule has 0 amide bonds. The van der Waals surface area contributed by atoms with Crippen LogP contribution in [0, 0.1) is 17.1 Å². The molecule has 0 aliphatic carbocycles. The van der Waals surface area contributed by atoms with Gasteiger partial charge in [0, 0.05) is 11.9 Å². The Bertz CT molecular complexity index is 1240. The maximum atomic E-state index is 13.2. The van der Waals surface area contributed by atoms with Crippen molar-refractivity contribution in [1.82, 2.24) is 19.7 Å². The average Bonchev–Trinajstić information content (AvgIpc) is 3.07. The number of halogens is 1. The van der Waals surface area contributed by atoms with E-state index in [-0.39, 0.29) is 11.6 Å². The van der Waals surface area contributed by atoms with E-state index in [1.165, 1.54) is 16.8 Å². The van der Waals surface area contributed by atoms with Crippen LogP contribution in [0.1, 0.15) is 17.7 Å². The van der Waals surface area contributed by atoms with Crippen molar-refractivity contribution < 1.29 is 4.39 Å². The second kappa shape index (κ2) is 8.05. The number of nitrogens with zero attached hydrogens (tertiary/aromatic N) is 5. The number of nitriles is 1. The van der Waals surface area contributed by atoms with E-state index >= 15 is 0 Å². The minimum absolute atomic E-state index is 0.234. The first-order valence-corrected chi connectivity index (χ1v) is 9.36. The fraction of sp³-hybridized carbons (Fsp3) is 0.143. The highest BCUT2D eigenvalue weighted by molar-refractivity contribution is 5.88. The normalized spacial score (nSPS) is 10.8. The smallest absolute Gasteiger partial charge is 0.225 e. The van der Waals surface area contributed by atoms with Gasteiger partial charge in [0.15, 0.2) is 0 Å². The fourth-order valence-corrected chi connectivity index (χ4v) is 3.19. The number of benzene rings is 2. The molecule has 0 radical (unpaired) electrons. The lowest BCUT2D eigenvalue weighted by molar-refractivity contribution is 0.627. The van der Waals surface area contributed by atoms with Gasteiger partial charge in [-0.3, -0.25) is 0 Å². The summed E-state index contributed by atoms with van der Waals surface area (Å²) in [5, 5.41) is 17.9. The Morgan fingerprint density at radius 2 is 1.83 bits per heavy atom. The molecule has 0 atom stereocenters. The highest BCUT2D eigenvalue weighted by atomic mass is 19.1. The molecule has 0 aliphatic heterocycles. The average molecular weight is 402 g/mol. The number of anilines is 3. The van der Waals surface area contributed by atoms with E-state index < -0.39 is 0 Å². The molecule has 0 fully saturated rings. The summed E-state index contributed by atoms with van der Waals surface area (Å²) in [5.41, 5.74) is 14.4. The Labute approximate surface area is 172 Å². The van der Waals surface area contributed by atoms with E-state index in [0.29, 0.717) is 48.1 Å². The molecule has 30 heavy (non-hydrogen) atoms. The van der Waals surface area contributed by atoms with Crippen LogP contribution >= 0.6 is 0 Å². The maximum Gasteiger partial charge on any atom is 0.225 e. The first-order valence-electron chi connectivity index (χ1n) is 9.36. The highest BCUT2D eigenvalue weighted by Gasteiger charge is 2.16. The summed E-state index contributed by atoms with van der Waals surface area (Å²) in [5.74, 6) is 0.745. The maximum absolute atomic E-state index is 13.2. The van der Waals surface area contributed by atoms with Gasteiger partial charge < -0.3 is 16.8 Å². The zero-order valence-electron chi connectivity index (χ0n) is 16.0. The van der Waals surface area contributed by atoms with Crippen molar-refractivity contribution in [1.29, 1.82) is 5.26 Å². The Morgan fingerprint density at radius 3 is 2.60 bits per heavy atom. The van der Waals surface area contributed by atoms with Crippen molar-refractivity contribution in [2.45, 2.75) is 12.8 Å². The fourth-order valence-electron chi connectivity index (χ4n) is 3.19. The number of aryl methyl sites for hydroxylation is 1. The van der Waals surface area contributed by atoms with E-state index in [4.69, 9.17) is 11.5 Å². The summed E-state index contributed by atoms with van der Waals surface area (Å²) in [6.45, 7) is 0.561. The van der Waals surface area contributed by atoms with Gasteiger partial charge in [-0.25, -0.2) is 14.1 Å². The third-order valence-electron chi connectivity index (χ3n) is 4.68. The minimum atomic E-state index is -0.354. The van der Waals surface area contributed by atoms with Gasteiger partial charge in [-0.15, -0.1) is 0 Å². The van der Waals surface area contributed by atoms with Crippen molar-refractivity contribution in [2.75, 3.05) is 23.3 Å². The SMILES string of the molecule is N#Cc1c(CCCNc2nc(N)c3ccccc3n2)nn(-c2ccc(F)cc2)c1N. The number of para-hydroxylation sites is 1. The van der Waals surface area contributed by atoms with E-state index in [0.717, 1.165) is 10.9 Å². The number of nitrogen functional groups attached to an aromatic ring is 2. The summed E-state index contributed by atoms with van der Waals surface area (Å²) in [6, 6.07) is 15.4. The molecule has 0 saturated carbocycles. The summed E-state index contributed by atoms with van der Waals surface area (Å²) in [6.07, 6.45) is 1.20.